The predicted octanol–water partition coefficient (Wildman–Crippen LogP) is 3.62. The lowest BCUT2D eigenvalue weighted by atomic mass is 9.71. The Kier molecular flexibility index (Phi) is 4.59. The molecule has 114 valence electrons. The van der Waals surface area contributed by atoms with Gasteiger partial charge in [-0.25, -0.2) is 4.98 Å². The first-order valence-corrected chi connectivity index (χ1v) is 8.48. The third-order valence-electron chi connectivity index (χ3n) is 4.90. The standard InChI is InChI=1S/C18H27N3/c1-3-11-19-13-15-10-9-14(15)12-18-20-16-7-5-6-8-17(16)21(18)4-2/h5-8,14-15,19H,3-4,9-13H2,1-2H3. The molecule has 1 aromatic carbocycles. The summed E-state index contributed by atoms with van der Waals surface area (Å²) in [6, 6.07) is 8.52. The van der Waals surface area contributed by atoms with Crippen molar-refractivity contribution >= 4 is 11.0 Å². The number of hydrogen-bond acceptors (Lipinski definition) is 2. The smallest absolute Gasteiger partial charge is 0.110 e. The van der Waals surface area contributed by atoms with E-state index in [1.54, 1.807) is 0 Å². The van der Waals surface area contributed by atoms with E-state index in [9.17, 15) is 0 Å². The fraction of sp³-hybridized carbons (Fsp3) is 0.611. The van der Waals surface area contributed by atoms with Gasteiger partial charge in [0.15, 0.2) is 0 Å². The van der Waals surface area contributed by atoms with Crippen molar-refractivity contribution in [2.45, 2.75) is 46.1 Å². The summed E-state index contributed by atoms with van der Waals surface area (Å²) in [7, 11) is 0. The molecule has 1 aromatic heterocycles. The molecule has 0 saturated heterocycles. The molecular formula is C18H27N3. The molecule has 3 rings (SSSR count). The summed E-state index contributed by atoms with van der Waals surface area (Å²) in [4.78, 5) is 4.88. The van der Waals surface area contributed by atoms with Crippen molar-refractivity contribution in [2.75, 3.05) is 13.1 Å². The Morgan fingerprint density at radius 3 is 2.71 bits per heavy atom. The molecule has 0 amide bonds. The number of nitrogens with zero attached hydrogens (tertiary/aromatic N) is 2. The van der Waals surface area contributed by atoms with Gasteiger partial charge >= 0.3 is 0 Å². The third-order valence-corrected chi connectivity index (χ3v) is 4.90. The van der Waals surface area contributed by atoms with E-state index in [2.05, 4.69) is 48.0 Å². The van der Waals surface area contributed by atoms with Gasteiger partial charge in [0.05, 0.1) is 11.0 Å². The van der Waals surface area contributed by atoms with E-state index >= 15 is 0 Å². The maximum atomic E-state index is 4.88. The van der Waals surface area contributed by atoms with Crippen LogP contribution in [0.25, 0.3) is 11.0 Å². The Morgan fingerprint density at radius 1 is 1.19 bits per heavy atom. The van der Waals surface area contributed by atoms with Crippen molar-refractivity contribution in [3.8, 4) is 0 Å². The maximum absolute atomic E-state index is 4.88. The molecule has 2 aromatic rings. The summed E-state index contributed by atoms with van der Waals surface area (Å²) in [6.45, 7) is 7.80. The van der Waals surface area contributed by atoms with Crippen molar-refractivity contribution in [3.63, 3.8) is 0 Å². The summed E-state index contributed by atoms with van der Waals surface area (Å²) in [5.74, 6) is 2.95. The largest absolute Gasteiger partial charge is 0.328 e. The van der Waals surface area contributed by atoms with Crippen LogP contribution >= 0.6 is 0 Å². The zero-order valence-corrected chi connectivity index (χ0v) is 13.3. The van der Waals surface area contributed by atoms with Gasteiger partial charge in [-0.2, -0.15) is 0 Å². The van der Waals surface area contributed by atoms with Crippen LogP contribution in [0.15, 0.2) is 24.3 Å². The molecule has 1 fully saturated rings. The lowest BCUT2D eigenvalue weighted by Gasteiger charge is -2.37. The van der Waals surface area contributed by atoms with Gasteiger partial charge in [0.1, 0.15) is 5.82 Å². The number of nitrogens with one attached hydrogen (secondary N) is 1. The molecule has 0 radical (unpaired) electrons. The third kappa shape index (κ3) is 2.98. The van der Waals surface area contributed by atoms with Gasteiger partial charge in [0.25, 0.3) is 0 Å². The zero-order valence-electron chi connectivity index (χ0n) is 13.3. The van der Waals surface area contributed by atoms with Gasteiger partial charge in [-0.15, -0.1) is 0 Å². The first-order chi connectivity index (χ1) is 10.3. The van der Waals surface area contributed by atoms with Crippen molar-refractivity contribution in [1.29, 1.82) is 0 Å². The van der Waals surface area contributed by atoms with Crippen molar-refractivity contribution in [1.82, 2.24) is 14.9 Å². The van der Waals surface area contributed by atoms with Gasteiger partial charge in [-0.1, -0.05) is 19.1 Å². The van der Waals surface area contributed by atoms with Crippen LogP contribution in [0.2, 0.25) is 0 Å². The first-order valence-electron chi connectivity index (χ1n) is 8.48. The van der Waals surface area contributed by atoms with E-state index < -0.39 is 0 Å². The number of aromatic nitrogens is 2. The Morgan fingerprint density at radius 2 is 2.00 bits per heavy atom. The van der Waals surface area contributed by atoms with Gasteiger partial charge in [-0.05, 0) is 63.2 Å². The first kappa shape index (κ1) is 14.6. The summed E-state index contributed by atoms with van der Waals surface area (Å²) >= 11 is 0. The van der Waals surface area contributed by atoms with Gasteiger partial charge < -0.3 is 9.88 Å². The van der Waals surface area contributed by atoms with E-state index in [1.807, 2.05) is 0 Å². The quantitative estimate of drug-likeness (QED) is 0.787. The number of hydrogen-bond donors (Lipinski definition) is 1. The van der Waals surface area contributed by atoms with E-state index in [0.29, 0.717) is 0 Å². The minimum atomic E-state index is 0.816. The molecule has 2 atom stereocenters. The second kappa shape index (κ2) is 6.61. The molecule has 0 bridgehead atoms. The van der Waals surface area contributed by atoms with E-state index in [0.717, 1.165) is 36.9 Å². The number of rotatable bonds is 7. The highest BCUT2D eigenvalue weighted by molar-refractivity contribution is 5.75. The summed E-state index contributed by atoms with van der Waals surface area (Å²) < 4.78 is 2.39. The molecule has 21 heavy (non-hydrogen) atoms. The van der Waals surface area contributed by atoms with Crippen LogP contribution in [0.1, 0.15) is 38.9 Å². The van der Waals surface area contributed by atoms with Crippen molar-refractivity contribution < 1.29 is 0 Å². The zero-order chi connectivity index (χ0) is 14.7. The molecule has 1 aliphatic carbocycles. The summed E-state index contributed by atoms with van der Waals surface area (Å²) in [5.41, 5.74) is 2.43. The van der Waals surface area contributed by atoms with Crippen LogP contribution in [0.4, 0.5) is 0 Å². The number of benzene rings is 1. The van der Waals surface area contributed by atoms with Gasteiger partial charge in [0, 0.05) is 13.0 Å². The maximum Gasteiger partial charge on any atom is 0.110 e. The summed E-state index contributed by atoms with van der Waals surface area (Å²) in [6.07, 6.45) is 5.11. The fourth-order valence-electron chi connectivity index (χ4n) is 3.51. The normalized spacial score (nSPS) is 21.6. The Balaban J connectivity index is 1.70. The number of imidazole rings is 1. The molecule has 3 heteroatoms. The molecule has 2 unspecified atom stereocenters. The highest BCUT2D eigenvalue weighted by Gasteiger charge is 2.31. The Hall–Kier alpha value is -1.35. The monoisotopic (exact) mass is 285 g/mol. The van der Waals surface area contributed by atoms with E-state index in [-0.39, 0.29) is 0 Å². The molecule has 3 nitrogen and oxygen atoms in total. The number of fused-ring (bicyclic) bond motifs is 1. The topological polar surface area (TPSA) is 29.9 Å². The van der Waals surface area contributed by atoms with Crippen LogP contribution < -0.4 is 5.32 Å². The lowest BCUT2D eigenvalue weighted by molar-refractivity contribution is 0.167. The molecule has 1 saturated carbocycles. The van der Waals surface area contributed by atoms with Crippen LogP contribution in [0, 0.1) is 11.8 Å². The molecule has 1 heterocycles. The average Bonchev–Trinajstić information content (AvgIpc) is 2.85. The lowest BCUT2D eigenvalue weighted by Crippen LogP contribution is -2.37. The fourth-order valence-corrected chi connectivity index (χ4v) is 3.51. The van der Waals surface area contributed by atoms with Crippen molar-refractivity contribution in [2.24, 2.45) is 11.8 Å². The second-order valence-electron chi connectivity index (χ2n) is 6.27. The van der Waals surface area contributed by atoms with Crippen LogP contribution in [-0.4, -0.2) is 22.6 Å². The molecule has 0 spiro atoms. The number of para-hydroxylation sites is 2. The van der Waals surface area contributed by atoms with E-state index in [1.165, 1.54) is 37.1 Å². The van der Waals surface area contributed by atoms with Crippen LogP contribution in [0.5, 0.6) is 0 Å². The van der Waals surface area contributed by atoms with Gasteiger partial charge in [0.2, 0.25) is 0 Å². The molecule has 1 N–H and O–H groups in total. The molecular weight excluding hydrogens is 258 g/mol. The predicted molar refractivity (Wildman–Crippen MR) is 88.5 cm³/mol. The highest BCUT2D eigenvalue weighted by atomic mass is 15.1. The number of aryl methyl sites for hydroxylation is 1. The SMILES string of the molecule is CCCNCC1CCC1Cc1nc2ccccc2n1CC. The van der Waals surface area contributed by atoms with Gasteiger partial charge in [-0.3, -0.25) is 0 Å². The van der Waals surface area contributed by atoms with Crippen LogP contribution in [0.3, 0.4) is 0 Å². The average molecular weight is 285 g/mol. The van der Waals surface area contributed by atoms with Crippen molar-refractivity contribution in [3.05, 3.63) is 30.1 Å². The Labute approximate surface area is 127 Å². The minimum Gasteiger partial charge on any atom is -0.328 e. The molecule has 0 aliphatic heterocycles. The summed E-state index contributed by atoms with van der Waals surface area (Å²) in [5, 5.41) is 3.58. The van der Waals surface area contributed by atoms with Crippen LogP contribution in [-0.2, 0) is 13.0 Å². The second-order valence-corrected chi connectivity index (χ2v) is 6.27. The molecule has 1 aliphatic rings. The highest BCUT2D eigenvalue weighted by Crippen LogP contribution is 2.36. The van der Waals surface area contributed by atoms with E-state index in [4.69, 9.17) is 4.98 Å². The minimum absolute atomic E-state index is 0.816. The Bertz CT molecular complexity index is 587.